The fourth-order valence-electron chi connectivity index (χ4n) is 5.26. The van der Waals surface area contributed by atoms with Gasteiger partial charge in [-0.05, 0) is 66.4 Å². The summed E-state index contributed by atoms with van der Waals surface area (Å²) in [4.78, 5) is 0. The van der Waals surface area contributed by atoms with Gasteiger partial charge in [0.15, 0.2) is 0 Å². The highest BCUT2D eigenvalue weighted by Crippen LogP contribution is 2.49. The third kappa shape index (κ3) is 5.39. The lowest BCUT2D eigenvalue weighted by atomic mass is 9.87. The molecule has 2 heteroatoms. The predicted molar refractivity (Wildman–Crippen MR) is 172 cm³/mol. The number of aryl methyl sites for hydroxylation is 2. The number of hydrogen-bond acceptors (Lipinski definition) is 2. The Morgan fingerprint density at radius 3 is 1.43 bits per heavy atom. The second-order valence-corrected chi connectivity index (χ2v) is 10.2. The summed E-state index contributed by atoms with van der Waals surface area (Å²) in [6.07, 6.45) is 0. The van der Waals surface area contributed by atoms with Crippen LogP contribution in [0.3, 0.4) is 0 Å². The molecule has 0 unspecified atom stereocenters. The number of benzene rings is 6. The van der Waals surface area contributed by atoms with Gasteiger partial charge in [-0.3, -0.25) is 0 Å². The summed E-state index contributed by atoms with van der Waals surface area (Å²) in [5, 5.41) is 7.66. The minimum atomic E-state index is 1.04. The summed E-state index contributed by atoms with van der Waals surface area (Å²) in [6.45, 7) is 4.31. The molecule has 6 rings (SSSR count). The molecule has 0 bridgehead atoms. The molecule has 2 nitrogen and oxygen atoms in total. The van der Waals surface area contributed by atoms with Crippen LogP contribution < -0.4 is 10.6 Å². The quantitative estimate of drug-likeness (QED) is 0.220. The van der Waals surface area contributed by atoms with Crippen LogP contribution in [0.15, 0.2) is 146 Å². The molecular weight excluding hydrogens is 484 g/mol. The molecule has 0 spiro atoms. The molecule has 6 aromatic rings. The molecule has 0 saturated carbocycles. The fourth-order valence-corrected chi connectivity index (χ4v) is 5.26. The maximum atomic E-state index is 3.85. The minimum Gasteiger partial charge on any atom is -0.353 e. The van der Waals surface area contributed by atoms with E-state index in [1.807, 2.05) is 12.1 Å². The van der Waals surface area contributed by atoms with Gasteiger partial charge in [0.05, 0.1) is 11.4 Å². The molecule has 0 aliphatic carbocycles. The van der Waals surface area contributed by atoms with Crippen molar-refractivity contribution in [2.24, 2.45) is 0 Å². The average Bonchev–Trinajstić information content (AvgIpc) is 2.99. The highest BCUT2D eigenvalue weighted by atomic mass is 15.0. The molecule has 40 heavy (non-hydrogen) atoms. The van der Waals surface area contributed by atoms with Crippen molar-refractivity contribution >= 4 is 22.7 Å². The Morgan fingerprint density at radius 2 is 0.850 bits per heavy atom. The van der Waals surface area contributed by atoms with E-state index in [-0.39, 0.29) is 0 Å². The SMILES string of the molecule is Cc1cccc(-c2cc(-c3ccccc3)c(Nc3ccccc3)c(Nc3ccccc3)c2-c2cccc(C)c2)c1. The van der Waals surface area contributed by atoms with Gasteiger partial charge in [0, 0.05) is 22.5 Å². The minimum absolute atomic E-state index is 1.04. The first-order valence-electron chi connectivity index (χ1n) is 13.7. The van der Waals surface area contributed by atoms with Crippen LogP contribution in [-0.2, 0) is 0 Å². The van der Waals surface area contributed by atoms with Gasteiger partial charge in [-0.1, -0.05) is 126 Å². The Labute approximate surface area is 237 Å². The smallest absolute Gasteiger partial charge is 0.0715 e. The summed E-state index contributed by atoms with van der Waals surface area (Å²) in [5.41, 5.74) is 13.6. The summed E-state index contributed by atoms with van der Waals surface area (Å²) in [6, 6.07) is 51.4. The van der Waals surface area contributed by atoms with E-state index in [1.165, 1.54) is 27.8 Å². The van der Waals surface area contributed by atoms with Crippen molar-refractivity contribution in [2.75, 3.05) is 10.6 Å². The van der Waals surface area contributed by atoms with Gasteiger partial charge in [-0.2, -0.15) is 0 Å². The fraction of sp³-hybridized carbons (Fsp3) is 0.0526. The molecule has 0 aliphatic rings. The van der Waals surface area contributed by atoms with Crippen LogP contribution >= 0.6 is 0 Å². The average molecular weight is 517 g/mol. The third-order valence-corrected chi connectivity index (χ3v) is 7.13. The molecule has 194 valence electrons. The zero-order valence-corrected chi connectivity index (χ0v) is 22.9. The van der Waals surface area contributed by atoms with Gasteiger partial charge in [-0.25, -0.2) is 0 Å². The lowest BCUT2D eigenvalue weighted by Crippen LogP contribution is -2.04. The van der Waals surface area contributed by atoms with Crippen LogP contribution in [0.25, 0.3) is 33.4 Å². The van der Waals surface area contributed by atoms with Crippen LogP contribution in [0.4, 0.5) is 22.7 Å². The molecule has 0 aromatic heterocycles. The van der Waals surface area contributed by atoms with Crippen molar-refractivity contribution in [2.45, 2.75) is 13.8 Å². The van der Waals surface area contributed by atoms with E-state index < -0.39 is 0 Å². The number of anilines is 4. The largest absolute Gasteiger partial charge is 0.353 e. The van der Waals surface area contributed by atoms with E-state index in [0.29, 0.717) is 0 Å². The van der Waals surface area contributed by atoms with Gasteiger partial charge in [0.1, 0.15) is 0 Å². The monoisotopic (exact) mass is 516 g/mol. The number of nitrogens with one attached hydrogen (secondary N) is 2. The summed E-state index contributed by atoms with van der Waals surface area (Å²) < 4.78 is 0. The maximum Gasteiger partial charge on any atom is 0.0715 e. The third-order valence-electron chi connectivity index (χ3n) is 7.13. The van der Waals surface area contributed by atoms with Crippen LogP contribution in [0.2, 0.25) is 0 Å². The first-order valence-corrected chi connectivity index (χ1v) is 13.7. The molecule has 2 N–H and O–H groups in total. The van der Waals surface area contributed by atoms with E-state index in [0.717, 1.165) is 39.4 Å². The van der Waals surface area contributed by atoms with Crippen molar-refractivity contribution < 1.29 is 0 Å². The molecule has 0 aliphatic heterocycles. The predicted octanol–water partition coefficient (Wildman–Crippen LogP) is 10.8. The zero-order chi connectivity index (χ0) is 27.3. The molecule has 0 heterocycles. The highest BCUT2D eigenvalue weighted by molar-refractivity contribution is 6.06. The summed E-state index contributed by atoms with van der Waals surface area (Å²) >= 11 is 0. The van der Waals surface area contributed by atoms with Crippen molar-refractivity contribution in [1.82, 2.24) is 0 Å². The summed E-state index contributed by atoms with van der Waals surface area (Å²) in [7, 11) is 0. The molecule has 0 atom stereocenters. The van der Waals surface area contributed by atoms with Crippen molar-refractivity contribution in [3.8, 4) is 33.4 Å². The van der Waals surface area contributed by atoms with Crippen LogP contribution in [0, 0.1) is 13.8 Å². The first-order chi connectivity index (χ1) is 19.7. The lowest BCUT2D eigenvalue weighted by molar-refractivity contribution is 1.43. The highest BCUT2D eigenvalue weighted by Gasteiger charge is 2.22. The normalized spacial score (nSPS) is 10.8. The van der Waals surface area contributed by atoms with Crippen LogP contribution in [0.5, 0.6) is 0 Å². The van der Waals surface area contributed by atoms with E-state index in [2.05, 4.69) is 158 Å². The van der Waals surface area contributed by atoms with E-state index in [9.17, 15) is 0 Å². The Bertz CT molecular complexity index is 1740. The second kappa shape index (κ2) is 11.3. The number of hydrogen-bond donors (Lipinski definition) is 2. The maximum absolute atomic E-state index is 3.85. The van der Waals surface area contributed by atoms with Gasteiger partial charge < -0.3 is 10.6 Å². The molecule has 0 saturated heterocycles. The first kappa shape index (κ1) is 25.2. The number of para-hydroxylation sites is 2. The molecule has 6 aromatic carbocycles. The van der Waals surface area contributed by atoms with Gasteiger partial charge in [0.2, 0.25) is 0 Å². The second-order valence-electron chi connectivity index (χ2n) is 10.2. The Morgan fingerprint density at radius 1 is 0.375 bits per heavy atom. The van der Waals surface area contributed by atoms with Crippen molar-refractivity contribution in [1.29, 1.82) is 0 Å². The van der Waals surface area contributed by atoms with Crippen LogP contribution in [0.1, 0.15) is 11.1 Å². The van der Waals surface area contributed by atoms with E-state index in [1.54, 1.807) is 0 Å². The van der Waals surface area contributed by atoms with Crippen molar-refractivity contribution in [3.05, 3.63) is 157 Å². The number of rotatable bonds is 7. The Hall–Kier alpha value is -5.08. The van der Waals surface area contributed by atoms with Gasteiger partial charge >= 0.3 is 0 Å². The standard InChI is InChI=1S/C38H32N2/c1-27-14-12-18-30(24-27)34-26-35(29-16-6-3-7-17-29)37(39-32-20-8-4-9-21-32)38(40-33-22-10-5-11-23-33)36(34)31-19-13-15-28(2)25-31/h3-26,39-40H,1-2H3. The van der Waals surface area contributed by atoms with E-state index >= 15 is 0 Å². The van der Waals surface area contributed by atoms with Crippen molar-refractivity contribution in [3.63, 3.8) is 0 Å². The van der Waals surface area contributed by atoms with Gasteiger partial charge in [0.25, 0.3) is 0 Å². The molecular formula is C38H32N2. The molecule has 0 amide bonds. The molecule has 0 radical (unpaired) electrons. The van der Waals surface area contributed by atoms with Crippen LogP contribution in [-0.4, -0.2) is 0 Å². The summed E-state index contributed by atoms with van der Waals surface area (Å²) in [5.74, 6) is 0. The molecule has 0 fully saturated rings. The topological polar surface area (TPSA) is 24.1 Å². The van der Waals surface area contributed by atoms with E-state index in [4.69, 9.17) is 0 Å². The lowest BCUT2D eigenvalue weighted by Gasteiger charge is -2.25. The Balaban J connectivity index is 1.74. The van der Waals surface area contributed by atoms with Gasteiger partial charge in [-0.15, -0.1) is 0 Å². The zero-order valence-electron chi connectivity index (χ0n) is 22.9. The Kier molecular flexibility index (Phi) is 7.15.